The van der Waals surface area contributed by atoms with E-state index in [9.17, 15) is 4.39 Å². The number of hydrogen-bond acceptors (Lipinski definition) is 0. The molecular weight excluding hydrogens is 199 g/mol. The fourth-order valence-electron chi connectivity index (χ4n) is 2.32. The van der Waals surface area contributed by atoms with Crippen LogP contribution in [0.15, 0.2) is 18.2 Å². The molecule has 1 aromatic carbocycles. The molecule has 14 heavy (non-hydrogen) atoms. The Morgan fingerprint density at radius 3 is 2.71 bits per heavy atom. The highest BCUT2D eigenvalue weighted by Crippen LogP contribution is 2.39. The fourth-order valence-corrected chi connectivity index (χ4v) is 2.74. The molecule has 0 bridgehead atoms. The van der Waals surface area contributed by atoms with Gasteiger partial charge in [-0.3, -0.25) is 0 Å². The van der Waals surface area contributed by atoms with Gasteiger partial charge < -0.3 is 0 Å². The molecule has 0 aliphatic heterocycles. The molecule has 0 amide bonds. The highest BCUT2D eigenvalue weighted by atomic mass is 35.5. The molecule has 0 saturated heterocycles. The number of hydrogen-bond donors (Lipinski definition) is 0. The molecule has 2 rings (SSSR count). The molecule has 1 aliphatic carbocycles. The van der Waals surface area contributed by atoms with E-state index in [2.05, 4.69) is 0 Å². The number of benzene rings is 1. The molecule has 76 valence electrons. The van der Waals surface area contributed by atoms with Gasteiger partial charge in [-0.15, -0.1) is 11.6 Å². The maximum absolute atomic E-state index is 12.9. The summed E-state index contributed by atoms with van der Waals surface area (Å²) in [6, 6.07) is 5.01. The Balaban J connectivity index is 2.31. The molecule has 1 aliphatic rings. The van der Waals surface area contributed by atoms with Gasteiger partial charge in [0.05, 0.1) is 0 Å². The molecule has 0 aromatic heterocycles. The molecule has 1 fully saturated rings. The minimum atomic E-state index is -0.157. The maximum atomic E-state index is 12.9. The van der Waals surface area contributed by atoms with Crippen molar-refractivity contribution in [3.8, 4) is 0 Å². The molecule has 0 spiro atoms. The summed E-state index contributed by atoms with van der Waals surface area (Å²) in [5.74, 6) is 0.271. The summed E-state index contributed by atoms with van der Waals surface area (Å²) in [5, 5.41) is 0.235. The molecule has 1 saturated carbocycles. The summed E-state index contributed by atoms with van der Waals surface area (Å²) in [6.07, 6.45) is 3.42. The third kappa shape index (κ3) is 1.78. The van der Waals surface area contributed by atoms with Crippen molar-refractivity contribution in [1.82, 2.24) is 0 Å². The van der Waals surface area contributed by atoms with Crippen molar-refractivity contribution in [3.63, 3.8) is 0 Å². The number of rotatable bonds is 1. The van der Waals surface area contributed by atoms with E-state index in [0.717, 1.165) is 18.4 Å². The highest BCUT2D eigenvalue weighted by molar-refractivity contribution is 6.21. The van der Waals surface area contributed by atoms with Crippen LogP contribution in [0.1, 0.15) is 36.3 Å². The monoisotopic (exact) mass is 212 g/mol. The fraction of sp³-hybridized carbons (Fsp3) is 0.500. The molecule has 0 radical (unpaired) electrons. The van der Waals surface area contributed by atoms with E-state index in [0.29, 0.717) is 5.92 Å². The number of alkyl halides is 1. The van der Waals surface area contributed by atoms with Crippen molar-refractivity contribution in [3.05, 3.63) is 35.1 Å². The van der Waals surface area contributed by atoms with Crippen molar-refractivity contribution in [2.24, 2.45) is 0 Å². The SMILES string of the molecule is Cc1cc(F)ccc1C1CCCC1Cl. The molecule has 0 heterocycles. The van der Waals surface area contributed by atoms with Crippen LogP contribution in [-0.2, 0) is 0 Å². The lowest BCUT2D eigenvalue weighted by atomic mass is 9.93. The topological polar surface area (TPSA) is 0 Å². The lowest BCUT2D eigenvalue weighted by Gasteiger charge is -2.16. The van der Waals surface area contributed by atoms with Gasteiger partial charge in [0.1, 0.15) is 5.82 Å². The zero-order chi connectivity index (χ0) is 10.1. The summed E-state index contributed by atoms with van der Waals surface area (Å²) >= 11 is 6.23. The van der Waals surface area contributed by atoms with Gasteiger partial charge in [0, 0.05) is 11.3 Å². The smallest absolute Gasteiger partial charge is 0.123 e. The maximum Gasteiger partial charge on any atom is 0.123 e. The largest absolute Gasteiger partial charge is 0.207 e. The molecule has 2 atom stereocenters. The van der Waals surface area contributed by atoms with Crippen LogP contribution >= 0.6 is 11.6 Å². The van der Waals surface area contributed by atoms with Crippen LogP contribution in [0, 0.1) is 12.7 Å². The van der Waals surface area contributed by atoms with Crippen LogP contribution in [0.3, 0.4) is 0 Å². The van der Waals surface area contributed by atoms with Gasteiger partial charge in [-0.05, 0) is 43.0 Å². The second-order valence-electron chi connectivity index (χ2n) is 4.05. The minimum Gasteiger partial charge on any atom is -0.207 e. The number of halogens is 2. The van der Waals surface area contributed by atoms with E-state index in [4.69, 9.17) is 11.6 Å². The highest BCUT2D eigenvalue weighted by Gasteiger charge is 2.27. The van der Waals surface area contributed by atoms with Gasteiger partial charge in [0.15, 0.2) is 0 Å². The first-order valence-electron chi connectivity index (χ1n) is 5.08. The van der Waals surface area contributed by atoms with Gasteiger partial charge in [-0.2, -0.15) is 0 Å². The minimum absolute atomic E-state index is 0.157. The Bertz CT molecular complexity index is 335. The Kier molecular flexibility index (Phi) is 2.78. The Morgan fingerprint density at radius 1 is 1.36 bits per heavy atom. The van der Waals surface area contributed by atoms with Crippen LogP contribution < -0.4 is 0 Å². The van der Waals surface area contributed by atoms with Gasteiger partial charge in [0.25, 0.3) is 0 Å². The van der Waals surface area contributed by atoms with Gasteiger partial charge in [-0.25, -0.2) is 4.39 Å². The lowest BCUT2D eigenvalue weighted by molar-refractivity contribution is 0.622. The molecule has 0 N–H and O–H groups in total. The summed E-state index contributed by atoms with van der Waals surface area (Å²) in [7, 11) is 0. The van der Waals surface area contributed by atoms with Gasteiger partial charge in [0.2, 0.25) is 0 Å². The van der Waals surface area contributed by atoms with Crippen LogP contribution in [0.2, 0.25) is 0 Å². The Morgan fingerprint density at radius 2 is 2.14 bits per heavy atom. The molecule has 2 unspecified atom stereocenters. The van der Waals surface area contributed by atoms with E-state index >= 15 is 0 Å². The zero-order valence-electron chi connectivity index (χ0n) is 8.26. The first kappa shape index (κ1) is 9.97. The van der Waals surface area contributed by atoms with Gasteiger partial charge >= 0.3 is 0 Å². The van der Waals surface area contributed by atoms with Gasteiger partial charge in [-0.1, -0.05) is 12.5 Å². The quantitative estimate of drug-likeness (QED) is 0.617. The van der Waals surface area contributed by atoms with Crippen molar-refractivity contribution < 1.29 is 4.39 Å². The summed E-state index contributed by atoms with van der Waals surface area (Å²) in [6.45, 7) is 1.96. The predicted octanol–water partition coefficient (Wildman–Crippen LogP) is 4.01. The Labute approximate surface area is 89.1 Å². The van der Waals surface area contributed by atoms with Crippen molar-refractivity contribution in [2.75, 3.05) is 0 Å². The summed E-state index contributed by atoms with van der Waals surface area (Å²) in [5.41, 5.74) is 2.26. The lowest BCUT2D eigenvalue weighted by Crippen LogP contribution is -2.06. The normalized spacial score (nSPS) is 26.8. The summed E-state index contributed by atoms with van der Waals surface area (Å²) < 4.78 is 12.9. The van der Waals surface area contributed by atoms with Crippen LogP contribution in [0.4, 0.5) is 4.39 Å². The van der Waals surface area contributed by atoms with Crippen LogP contribution in [0.5, 0.6) is 0 Å². The second-order valence-corrected chi connectivity index (χ2v) is 4.61. The first-order chi connectivity index (χ1) is 6.68. The first-order valence-corrected chi connectivity index (χ1v) is 5.52. The third-order valence-electron chi connectivity index (χ3n) is 3.06. The summed E-state index contributed by atoms with van der Waals surface area (Å²) in [4.78, 5) is 0. The van der Waals surface area contributed by atoms with Crippen LogP contribution in [-0.4, -0.2) is 5.38 Å². The zero-order valence-corrected chi connectivity index (χ0v) is 9.02. The predicted molar refractivity (Wildman–Crippen MR) is 57.4 cm³/mol. The second kappa shape index (κ2) is 3.90. The van der Waals surface area contributed by atoms with Crippen molar-refractivity contribution in [2.45, 2.75) is 37.5 Å². The van der Waals surface area contributed by atoms with E-state index in [1.807, 2.05) is 13.0 Å². The van der Waals surface area contributed by atoms with E-state index < -0.39 is 0 Å². The van der Waals surface area contributed by atoms with E-state index in [1.165, 1.54) is 18.1 Å². The average molecular weight is 213 g/mol. The molecular formula is C12H14ClF. The van der Waals surface area contributed by atoms with E-state index in [-0.39, 0.29) is 11.2 Å². The van der Waals surface area contributed by atoms with Crippen LogP contribution in [0.25, 0.3) is 0 Å². The molecule has 2 heteroatoms. The average Bonchev–Trinajstić information content (AvgIpc) is 2.52. The number of aryl methyl sites for hydroxylation is 1. The van der Waals surface area contributed by atoms with E-state index in [1.54, 1.807) is 6.07 Å². The Hall–Kier alpha value is -0.560. The van der Waals surface area contributed by atoms with Crippen molar-refractivity contribution >= 4 is 11.6 Å². The van der Waals surface area contributed by atoms with Crippen molar-refractivity contribution in [1.29, 1.82) is 0 Å². The molecule has 1 aromatic rings. The third-order valence-corrected chi connectivity index (χ3v) is 3.59. The standard InChI is InChI=1S/C12H14ClF/c1-8-7-9(14)5-6-10(8)11-3-2-4-12(11)13/h5-7,11-12H,2-4H2,1H3. The molecule has 0 nitrogen and oxygen atoms in total.